The number of hydrogen-bond acceptors (Lipinski definition) is 4. The van der Waals surface area contributed by atoms with E-state index in [4.69, 9.17) is 15.1 Å². The SMILES string of the molecule is CCC(C(=O)O)N(C)C(=O)Nc1ccc(C#N)cc1OC. The summed E-state index contributed by atoms with van der Waals surface area (Å²) in [7, 11) is 2.83. The normalized spacial score (nSPS) is 11.1. The Labute approximate surface area is 122 Å². The van der Waals surface area contributed by atoms with Gasteiger partial charge in [-0.1, -0.05) is 6.92 Å². The van der Waals surface area contributed by atoms with Crippen molar-refractivity contribution in [2.45, 2.75) is 19.4 Å². The van der Waals surface area contributed by atoms with Gasteiger partial charge in [0.15, 0.2) is 0 Å². The van der Waals surface area contributed by atoms with Crippen LogP contribution < -0.4 is 10.1 Å². The molecule has 1 unspecified atom stereocenters. The highest BCUT2D eigenvalue weighted by Gasteiger charge is 2.25. The van der Waals surface area contributed by atoms with E-state index in [1.54, 1.807) is 6.92 Å². The number of carboxylic acids is 1. The third kappa shape index (κ3) is 3.86. The lowest BCUT2D eigenvalue weighted by Crippen LogP contribution is -2.44. The molecular formula is C14H17N3O4. The van der Waals surface area contributed by atoms with Crippen molar-refractivity contribution in [1.29, 1.82) is 5.26 Å². The van der Waals surface area contributed by atoms with Crippen LogP contribution in [-0.4, -0.2) is 42.2 Å². The second-order valence-electron chi connectivity index (χ2n) is 4.33. The number of rotatable bonds is 5. The minimum Gasteiger partial charge on any atom is -0.495 e. The van der Waals surface area contributed by atoms with Gasteiger partial charge < -0.3 is 20.1 Å². The molecule has 0 radical (unpaired) electrons. The maximum atomic E-state index is 12.1. The Kier molecular flexibility index (Phi) is 5.55. The monoisotopic (exact) mass is 291 g/mol. The molecule has 0 aliphatic carbocycles. The Morgan fingerprint density at radius 2 is 2.19 bits per heavy atom. The highest BCUT2D eigenvalue weighted by molar-refractivity contribution is 5.93. The smallest absolute Gasteiger partial charge is 0.326 e. The number of anilines is 1. The molecule has 7 nitrogen and oxygen atoms in total. The summed E-state index contributed by atoms with van der Waals surface area (Å²) in [6, 6.07) is 5.05. The van der Waals surface area contributed by atoms with E-state index in [2.05, 4.69) is 5.32 Å². The van der Waals surface area contributed by atoms with Crippen molar-refractivity contribution < 1.29 is 19.4 Å². The van der Waals surface area contributed by atoms with Crippen LogP contribution in [0.4, 0.5) is 10.5 Å². The predicted molar refractivity (Wildman–Crippen MR) is 76.2 cm³/mol. The van der Waals surface area contributed by atoms with Crippen LogP contribution in [0.2, 0.25) is 0 Å². The Balaban J connectivity index is 2.93. The van der Waals surface area contributed by atoms with Crippen molar-refractivity contribution in [3.63, 3.8) is 0 Å². The summed E-state index contributed by atoms with van der Waals surface area (Å²) >= 11 is 0. The standard InChI is InChI=1S/C14H17N3O4/c1-4-11(13(18)19)17(2)14(20)16-10-6-5-9(8-15)7-12(10)21-3/h5-7,11H,4H2,1-3H3,(H,16,20)(H,18,19). The number of carboxylic acid groups (broad SMARTS) is 1. The summed E-state index contributed by atoms with van der Waals surface area (Å²) in [6.07, 6.45) is 0.295. The van der Waals surface area contributed by atoms with E-state index in [1.165, 1.54) is 32.4 Å². The molecular weight excluding hydrogens is 274 g/mol. The highest BCUT2D eigenvalue weighted by atomic mass is 16.5. The lowest BCUT2D eigenvalue weighted by atomic mass is 10.2. The van der Waals surface area contributed by atoms with E-state index in [9.17, 15) is 9.59 Å². The maximum absolute atomic E-state index is 12.1. The number of amides is 2. The van der Waals surface area contributed by atoms with E-state index in [0.717, 1.165) is 4.90 Å². The van der Waals surface area contributed by atoms with E-state index in [1.807, 2.05) is 6.07 Å². The number of hydrogen-bond donors (Lipinski definition) is 2. The van der Waals surface area contributed by atoms with Crippen molar-refractivity contribution in [1.82, 2.24) is 4.90 Å². The molecule has 0 fully saturated rings. The molecule has 112 valence electrons. The van der Waals surface area contributed by atoms with Crippen LogP contribution in [0.1, 0.15) is 18.9 Å². The summed E-state index contributed by atoms with van der Waals surface area (Å²) in [5.74, 6) is -0.735. The van der Waals surface area contributed by atoms with Gasteiger partial charge in [-0.15, -0.1) is 0 Å². The number of carbonyl (C=O) groups is 2. The zero-order chi connectivity index (χ0) is 16.0. The van der Waals surface area contributed by atoms with Gasteiger partial charge in [-0.2, -0.15) is 5.26 Å². The fourth-order valence-electron chi connectivity index (χ4n) is 1.82. The molecule has 1 rings (SSSR count). The van der Waals surface area contributed by atoms with Gasteiger partial charge in [-0.05, 0) is 18.6 Å². The first kappa shape index (κ1) is 16.3. The van der Waals surface area contributed by atoms with Gasteiger partial charge in [-0.25, -0.2) is 9.59 Å². The third-order valence-electron chi connectivity index (χ3n) is 3.03. The van der Waals surface area contributed by atoms with E-state index >= 15 is 0 Å². The zero-order valence-corrected chi connectivity index (χ0v) is 12.1. The highest BCUT2D eigenvalue weighted by Crippen LogP contribution is 2.25. The fraction of sp³-hybridized carbons (Fsp3) is 0.357. The van der Waals surface area contributed by atoms with E-state index in [-0.39, 0.29) is 0 Å². The van der Waals surface area contributed by atoms with Crippen LogP contribution in [0.5, 0.6) is 5.75 Å². The minimum absolute atomic E-state index is 0.295. The number of nitrogens with one attached hydrogen (secondary N) is 1. The number of urea groups is 1. The van der Waals surface area contributed by atoms with Crippen molar-refractivity contribution in [2.75, 3.05) is 19.5 Å². The second-order valence-corrected chi connectivity index (χ2v) is 4.33. The predicted octanol–water partition coefficient (Wildman–Crippen LogP) is 1.89. The largest absolute Gasteiger partial charge is 0.495 e. The quantitative estimate of drug-likeness (QED) is 0.862. The van der Waals surface area contributed by atoms with Gasteiger partial charge in [0, 0.05) is 13.1 Å². The van der Waals surface area contributed by atoms with E-state index < -0.39 is 18.0 Å². The van der Waals surface area contributed by atoms with Crippen LogP contribution in [0, 0.1) is 11.3 Å². The number of ether oxygens (including phenoxy) is 1. The summed E-state index contributed by atoms with van der Waals surface area (Å²) in [4.78, 5) is 24.2. The Bertz CT molecular complexity index is 580. The number of aliphatic carboxylic acids is 1. The van der Waals surface area contributed by atoms with Gasteiger partial charge >= 0.3 is 12.0 Å². The molecule has 0 saturated carbocycles. The molecule has 7 heteroatoms. The summed E-state index contributed by atoms with van der Waals surface area (Å²) in [6.45, 7) is 1.69. The summed E-state index contributed by atoms with van der Waals surface area (Å²) in [5, 5.41) is 20.4. The molecule has 0 saturated heterocycles. The van der Waals surface area contributed by atoms with Gasteiger partial charge in [-0.3, -0.25) is 0 Å². The summed E-state index contributed by atoms with van der Waals surface area (Å²) < 4.78 is 5.10. The molecule has 21 heavy (non-hydrogen) atoms. The number of likely N-dealkylation sites (N-methyl/N-ethyl adjacent to an activating group) is 1. The molecule has 1 atom stereocenters. The number of nitriles is 1. The van der Waals surface area contributed by atoms with Crippen molar-refractivity contribution >= 4 is 17.7 Å². The van der Waals surface area contributed by atoms with Crippen LogP contribution in [0.3, 0.4) is 0 Å². The number of carbonyl (C=O) groups excluding carboxylic acids is 1. The van der Waals surface area contributed by atoms with Gasteiger partial charge in [0.1, 0.15) is 11.8 Å². The summed E-state index contributed by atoms with van der Waals surface area (Å²) in [5.41, 5.74) is 0.767. The van der Waals surface area contributed by atoms with Crippen LogP contribution in [0.25, 0.3) is 0 Å². The number of nitrogens with zero attached hydrogens (tertiary/aromatic N) is 2. The molecule has 0 spiro atoms. The molecule has 1 aromatic carbocycles. The topological polar surface area (TPSA) is 103 Å². The first-order chi connectivity index (χ1) is 9.94. The fourth-order valence-corrected chi connectivity index (χ4v) is 1.82. The van der Waals surface area contributed by atoms with Gasteiger partial charge in [0.05, 0.1) is 24.4 Å². The Morgan fingerprint density at radius 1 is 1.52 bits per heavy atom. The van der Waals surface area contributed by atoms with Crippen molar-refractivity contribution in [3.8, 4) is 11.8 Å². The Hall–Kier alpha value is -2.75. The number of benzene rings is 1. The molecule has 1 aromatic rings. The molecule has 2 N–H and O–H groups in total. The molecule has 0 aromatic heterocycles. The van der Waals surface area contributed by atoms with Crippen molar-refractivity contribution in [3.05, 3.63) is 23.8 Å². The minimum atomic E-state index is -1.07. The molecule has 0 aliphatic heterocycles. The molecule has 0 heterocycles. The van der Waals surface area contributed by atoms with E-state index in [0.29, 0.717) is 23.4 Å². The molecule has 0 bridgehead atoms. The second kappa shape index (κ2) is 7.14. The maximum Gasteiger partial charge on any atom is 0.326 e. The average Bonchev–Trinajstić information content (AvgIpc) is 2.47. The number of methoxy groups -OCH3 is 1. The lowest BCUT2D eigenvalue weighted by molar-refractivity contribution is -0.141. The molecule has 2 amide bonds. The van der Waals surface area contributed by atoms with Crippen LogP contribution in [-0.2, 0) is 4.79 Å². The average molecular weight is 291 g/mol. The van der Waals surface area contributed by atoms with Crippen LogP contribution >= 0.6 is 0 Å². The van der Waals surface area contributed by atoms with Crippen LogP contribution in [0.15, 0.2) is 18.2 Å². The zero-order valence-electron chi connectivity index (χ0n) is 12.1. The Morgan fingerprint density at radius 3 is 2.67 bits per heavy atom. The van der Waals surface area contributed by atoms with Gasteiger partial charge in [0.25, 0.3) is 0 Å². The lowest BCUT2D eigenvalue weighted by Gasteiger charge is -2.24. The third-order valence-corrected chi connectivity index (χ3v) is 3.03. The first-order valence-corrected chi connectivity index (χ1v) is 6.29. The molecule has 0 aliphatic rings. The van der Waals surface area contributed by atoms with Crippen molar-refractivity contribution in [2.24, 2.45) is 0 Å². The van der Waals surface area contributed by atoms with Gasteiger partial charge in [0.2, 0.25) is 0 Å². The first-order valence-electron chi connectivity index (χ1n) is 6.29.